The van der Waals surface area contributed by atoms with Crippen LogP contribution >= 0.6 is 0 Å². The molecule has 0 bridgehead atoms. The first-order valence-electron chi connectivity index (χ1n) is 7.69. The van der Waals surface area contributed by atoms with Gasteiger partial charge in [-0.3, -0.25) is 14.6 Å². The highest BCUT2D eigenvalue weighted by atomic mass is 16.2. The summed E-state index contributed by atoms with van der Waals surface area (Å²) in [7, 11) is 0. The lowest BCUT2D eigenvalue weighted by Gasteiger charge is -2.18. The highest BCUT2D eigenvalue weighted by Crippen LogP contribution is 2.15. The van der Waals surface area contributed by atoms with E-state index in [1.807, 2.05) is 45.0 Å². The molecule has 0 atom stereocenters. The zero-order chi connectivity index (χ0) is 16.8. The van der Waals surface area contributed by atoms with Crippen LogP contribution in [0.25, 0.3) is 0 Å². The van der Waals surface area contributed by atoms with Gasteiger partial charge in [0, 0.05) is 30.5 Å². The van der Waals surface area contributed by atoms with E-state index in [2.05, 4.69) is 10.3 Å². The average Bonchev–Trinajstić information content (AvgIpc) is 2.58. The molecule has 0 unspecified atom stereocenters. The normalized spacial score (nSPS) is 10.2. The maximum absolute atomic E-state index is 12.4. The van der Waals surface area contributed by atoms with Crippen LogP contribution in [-0.4, -0.2) is 34.8 Å². The predicted molar refractivity (Wildman–Crippen MR) is 90.6 cm³/mol. The molecular weight excluding hydrogens is 290 g/mol. The van der Waals surface area contributed by atoms with Crippen molar-refractivity contribution >= 4 is 17.5 Å². The van der Waals surface area contributed by atoms with Crippen molar-refractivity contribution in [3.05, 3.63) is 59.4 Å². The van der Waals surface area contributed by atoms with E-state index in [1.54, 1.807) is 11.0 Å². The van der Waals surface area contributed by atoms with E-state index < -0.39 is 0 Å². The summed E-state index contributed by atoms with van der Waals surface area (Å²) >= 11 is 0. The molecule has 0 saturated carbocycles. The van der Waals surface area contributed by atoms with Gasteiger partial charge in [-0.2, -0.15) is 0 Å². The van der Waals surface area contributed by atoms with Gasteiger partial charge in [0.25, 0.3) is 11.8 Å². The van der Waals surface area contributed by atoms with Gasteiger partial charge in [-0.25, -0.2) is 0 Å². The number of carbonyl (C=O) groups excluding carboxylic acids is 2. The SMILES string of the molecule is CCN(CC)C(=O)c1ccnc(C(=O)Nc2ccccc2C)c1. The fraction of sp³-hybridized carbons (Fsp3) is 0.278. The summed E-state index contributed by atoms with van der Waals surface area (Å²) in [6.45, 7) is 7.02. The van der Waals surface area contributed by atoms with Crippen LogP contribution in [0.5, 0.6) is 0 Å². The summed E-state index contributed by atoms with van der Waals surface area (Å²) in [5.74, 6) is -0.421. The van der Waals surface area contributed by atoms with Crippen molar-refractivity contribution in [3.63, 3.8) is 0 Å². The first-order valence-corrected chi connectivity index (χ1v) is 7.69. The highest BCUT2D eigenvalue weighted by Gasteiger charge is 2.16. The van der Waals surface area contributed by atoms with Crippen molar-refractivity contribution in [1.29, 1.82) is 0 Å². The summed E-state index contributed by atoms with van der Waals surface area (Å²) < 4.78 is 0. The van der Waals surface area contributed by atoms with E-state index in [4.69, 9.17) is 0 Å². The molecule has 0 aliphatic rings. The number of nitrogens with one attached hydrogen (secondary N) is 1. The molecule has 1 heterocycles. The molecule has 120 valence electrons. The lowest BCUT2D eigenvalue weighted by Crippen LogP contribution is -2.30. The number of anilines is 1. The number of aromatic nitrogens is 1. The van der Waals surface area contributed by atoms with E-state index >= 15 is 0 Å². The molecule has 0 spiro atoms. The van der Waals surface area contributed by atoms with Gasteiger partial charge in [0.15, 0.2) is 0 Å². The summed E-state index contributed by atoms with van der Waals surface area (Å²) in [6, 6.07) is 10.7. The molecule has 5 nitrogen and oxygen atoms in total. The average molecular weight is 311 g/mol. The van der Waals surface area contributed by atoms with Crippen LogP contribution in [-0.2, 0) is 0 Å². The molecule has 2 rings (SSSR count). The van der Waals surface area contributed by atoms with Crippen molar-refractivity contribution in [3.8, 4) is 0 Å². The Kier molecular flexibility index (Phi) is 5.46. The first-order chi connectivity index (χ1) is 11.1. The Morgan fingerprint density at radius 2 is 1.83 bits per heavy atom. The molecule has 1 aromatic carbocycles. The molecule has 0 fully saturated rings. The number of para-hydroxylation sites is 1. The highest BCUT2D eigenvalue weighted by molar-refractivity contribution is 6.05. The fourth-order valence-electron chi connectivity index (χ4n) is 2.28. The molecule has 0 radical (unpaired) electrons. The maximum Gasteiger partial charge on any atom is 0.274 e. The number of nitrogens with zero attached hydrogens (tertiary/aromatic N) is 2. The number of rotatable bonds is 5. The van der Waals surface area contributed by atoms with Crippen molar-refractivity contribution in [2.75, 3.05) is 18.4 Å². The number of hydrogen-bond acceptors (Lipinski definition) is 3. The van der Waals surface area contributed by atoms with E-state index in [0.29, 0.717) is 18.7 Å². The Balaban J connectivity index is 2.21. The second-order valence-electron chi connectivity index (χ2n) is 5.18. The van der Waals surface area contributed by atoms with Crippen LogP contribution < -0.4 is 5.32 Å². The Morgan fingerprint density at radius 3 is 2.48 bits per heavy atom. The maximum atomic E-state index is 12.4. The minimum atomic E-state index is -0.325. The number of hydrogen-bond donors (Lipinski definition) is 1. The van der Waals surface area contributed by atoms with E-state index in [-0.39, 0.29) is 17.5 Å². The largest absolute Gasteiger partial charge is 0.339 e. The number of aryl methyl sites for hydroxylation is 1. The van der Waals surface area contributed by atoms with Gasteiger partial charge in [0.1, 0.15) is 5.69 Å². The summed E-state index contributed by atoms with van der Waals surface area (Å²) in [5.41, 5.74) is 2.40. The third-order valence-electron chi connectivity index (χ3n) is 3.68. The first kappa shape index (κ1) is 16.7. The third-order valence-corrected chi connectivity index (χ3v) is 3.68. The van der Waals surface area contributed by atoms with Crippen LogP contribution in [0.1, 0.15) is 40.3 Å². The number of carbonyl (C=O) groups is 2. The Morgan fingerprint density at radius 1 is 1.13 bits per heavy atom. The summed E-state index contributed by atoms with van der Waals surface area (Å²) in [5, 5.41) is 2.82. The Hall–Kier alpha value is -2.69. The zero-order valence-corrected chi connectivity index (χ0v) is 13.7. The van der Waals surface area contributed by atoms with Gasteiger partial charge in [-0.1, -0.05) is 18.2 Å². The quantitative estimate of drug-likeness (QED) is 0.923. The zero-order valence-electron chi connectivity index (χ0n) is 13.7. The fourth-order valence-corrected chi connectivity index (χ4v) is 2.28. The van der Waals surface area contributed by atoms with Gasteiger partial charge < -0.3 is 10.2 Å². The van der Waals surface area contributed by atoms with Crippen LogP contribution in [0, 0.1) is 6.92 Å². The summed E-state index contributed by atoms with van der Waals surface area (Å²) in [4.78, 5) is 30.5. The van der Waals surface area contributed by atoms with Gasteiger partial charge in [-0.15, -0.1) is 0 Å². The topological polar surface area (TPSA) is 62.3 Å². The van der Waals surface area contributed by atoms with Gasteiger partial charge in [-0.05, 0) is 44.5 Å². The molecule has 1 aromatic heterocycles. The molecule has 0 saturated heterocycles. The van der Waals surface area contributed by atoms with Gasteiger partial charge >= 0.3 is 0 Å². The molecule has 0 aliphatic carbocycles. The Bertz CT molecular complexity index is 709. The number of amides is 2. The lowest BCUT2D eigenvalue weighted by molar-refractivity contribution is 0.0773. The number of benzene rings is 1. The lowest BCUT2D eigenvalue weighted by atomic mass is 10.1. The van der Waals surface area contributed by atoms with Crippen molar-refractivity contribution in [1.82, 2.24) is 9.88 Å². The van der Waals surface area contributed by atoms with Crippen molar-refractivity contribution in [2.45, 2.75) is 20.8 Å². The van der Waals surface area contributed by atoms with Crippen LogP contribution in [0.15, 0.2) is 42.6 Å². The Labute approximate surface area is 136 Å². The van der Waals surface area contributed by atoms with Crippen LogP contribution in [0.4, 0.5) is 5.69 Å². The second kappa shape index (κ2) is 7.54. The molecule has 2 aromatic rings. The standard InChI is InChI=1S/C18H21N3O2/c1-4-21(5-2)18(23)14-10-11-19-16(12-14)17(22)20-15-9-7-6-8-13(15)3/h6-12H,4-5H2,1-3H3,(H,20,22). The van der Waals surface area contributed by atoms with Crippen molar-refractivity contribution in [2.24, 2.45) is 0 Å². The van der Waals surface area contributed by atoms with Crippen LogP contribution in [0.3, 0.4) is 0 Å². The monoisotopic (exact) mass is 311 g/mol. The van der Waals surface area contributed by atoms with Gasteiger partial charge in [0.2, 0.25) is 0 Å². The minimum absolute atomic E-state index is 0.0951. The third kappa shape index (κ3) is 3.94. The number of pyridine rings is 1. The predicted octanol–water partition coefficient (Wildman–Crippen LogP) is 3.12. The van der Waals surface area contributed by atoms with E-state index in [9.17, 15) is 9.59 Å². The second-order valence-corrected chi connectivity index (χ2v) is 5.18. The smallest absolute Gasteiger partial charge is 0.274 e. The van der Waals surface area contributed by atoms with E-state index in [1.165, 1.54) is 12.3 Å². The van der Waals surface area contributed by atoms with Crippen molar-refractivity contribution < 1.29 is 9.59 Å². The molecule has 0 aliphatic heterocycles. The van der Waals surface area contributed by atoms with Crippen LogP contribution in [0.2, 0.25) is 0 Å². The summed E-state index contributed by atoms with van der Waals surface area (Å²) in [6.07, 6.45) is 1.49. The molecule has 2 amide bonds. The van der Waals surface area contributed by atoms with Gasteiger partial charge in [0.05, 0.1) is 0 Å². The van der Waals surface area contributed by atoms with E-state index in [0.717, 1.165) is 11.3 Å². The molecule has 23 heavy (non-hydrogen) atoms. The molecular formula is C18H21N3O2. The molecule has 1 N–H and O–H groups in total. The minimum Gasteiger partial charge on any atom is -0.339 e. The molecule has 5 heteroatoms.